The molecule has 1 unspecified atom stereocenters. The van der Waals surface area contributed by atoms with E-state index in [-0.39, 0.29) is 18.3 Å². The molecular formula is C29H27ClNP. The largest absolute Gasteiger partial charge is 1.00 e. The van der Waals surface area contributed by atoms with Crippen molar-refractivity contribution in [3.8, 4) is 6.07 Å². The molecule has 4 rings (SSSR count). The number of rotatable bonds is 7. The molecule has 0 fully saturated rings. The van der Waals surface area contributed by atoms with Crippen LogP contribution < -0.4 is 28.3 Å². The topological polar surface area (TPSA) is 23.8 Å². The number of nitrogens with zero attached hydrogens (tertiary/aromatic N) is 1. The van der Waals surface area contributed by atoms with Crippen molar-refractivity contribution in [3.05, 3.63) is 126 Å². The first-order valence-corrected chi connectivity index (χ1v) is 12.7. The normalized spacial score (nSPS) is 11.8. The van der Waals surface area contributed by atoms with Crippen molar-refractivity contribution in [2.45, 2.75) is 19.5 Å². The summed E-state index contributed by atoms with van der Waals surface area (Å²) in [6, 6.07) is 44.1. The number of benzene rings is 4. The highest BCUT2D eigenvalue weighted by molar-refractivity contribution is 7.95. The van der Waals surface area contributed by atoms with Gasteiger partial charge in [0.15, 0.2) is 0 Å². The van der Waals surface area contributed by atoms with Crippen LogP contribution in [0.1, 0.15) is 18.1 Å². The quantitative estimate of drug-likeness (QED) is 0.393. The summed E-state index contributed by atoms with van der Waals surface area (Å²) in [4.78, 5) is 0. The average molecular weight is 456 g/mol. The predicted octanol–water partition coefficient (Wildman–Crippen LogP) is 2.89. The Morgan fingerprint density at radius 3 is 1.53 bits per heavy atom. The summed E-state index contributed by atoms with van der Waals surface area (Å²) in [5, 5.41) is 13.4. The van der Waals surface area contributed by atoms with E-state index < -0.39 is 7.26 Å². The summed E-state index contributed by atoms with van der Waals surface area (Å²) in [6.07, 6.45) is 1.75. The second-order valence-electron chi connectivity index (χ2n) is 8.03. The Morgan fingerprint density at radius 1 is 0.656 bits per heavy atom. The smallest absolute Gasteiger partial charge is 0.116 e. The number of halogens is 1. The molecule has 0 N–H and O–H groups in total. The standard InChI is InChI=1S/C29H27NP.ClH/c1-24(22-30)20-25-12-11-13-26(21-25)23-31(27-14-5-2-6-15-27,28-16-7-3-8-17-28)29-18-9-4-10-19-29;/h2-19,21,24H,20,23H2,1H3;1H/q+1;/p-1. The van der Waals surface area contributed by atoms with Crippen LogP contribution in [0.3, 0.4) is 0 Å². The van der Waals surface area contributed by atoms with E-state index in [1.54, 1.807) is 0 Å². The monoisotopic (exact) mass is 455 g/mol. The van der Waals surface area contributed by atoms with Crippen LogP contribution in [0.25, 0.3) is 0 Å². The summed E-state index contributed by atoms with van der Waals surface area (Å²) in [7, 11) is -1.90. The van der Waals surface area contributed by atoms with Crippen LogP contribution in [0.5, 0.6) is 0 Å². The van der Waals surface area contributed by atoms with Gasteiger partial charge in [-0.05, 0) is 60.9 Å². The molecule has 0 aromatic heterocycles. The molecule has 0 radical (unpaired) electrons. The minimum Gasteiger partial charge on any atom is -1.00 e. The summed E-state index contributed by atoms with van der Waals surface area (Å²) < 4.78 is 0. The molecule has 0 bridgehead atoms. The van der Waals surface area contributed by atoms with Crippen molar-refractivity contribution < 1.29 is 12.4 Å². The van der Waals surface area contributed by atoms with Crippen LogP contribution in [-0.4, -0.2) is 0 Å². The van der Waals surface area contributed by atoms with Crippen LogP contribution in [-0.2, 0) is 12.6 Å². The molecule has 0 aliphatic heterocycles. The molecule has 0 saturated heterocycles. The number of hydrogen-bond acceptors (Lipinski definition) is 1. The predicted molar refractivity (Wildman–Crippen MR) is 134 cm³/mol. The van der Waals surface area contributed by atoms with Crippen LogP contribution in [0.2, 0.25) is 0 Å². The summed E-state index contributed by atoms with van der Waals surface area (Å²) >= 11 is 0. The van der Waals surface area contributed by atoms with E-state index in [0.29, 0.717) is 0 Å². The van der Waals surface area contributed by atoms with E-state index in [0.717, 1.165) is 12.6 Å². The van der Waals surface area contributed by atoms with Crippen molar-refractivity contribution >= 4 is 23.2 Å². The van der Waals surface area contributed by atoms with Crippen molar-refractivity contribution in [2.24, 2.45) is 5.92 Å². The Labute approximate surface area is 198 Å². The fourth-order valence-corrected chi connectivity index (χ4v) is 8.53. The minimum absolute atomic E-state index is 0. The maximum absolute atomic E-state index is 9.25. The third kappa shape index (κ3) is 5.11. The maximum atomic E-state index is 9.25. The van der Waals surface area contributed by atoms with Gasteiger partial charge in [0.05, 0.1) is 12.2 Å². The van der Waals surface area contributed by atoms with Gasteiger partial charge in [-0.2, -0.15) is 5.26 Å². The van der Waals surface area contributed by atoms with E-state index in [1.807, 2.05) is 6.92 Å². The Bertz CT molecular complexity index is 1060. The third-order valence-electron chi connectivity index (χ3n) is 5.76. The van der Waals surface area contributed by atoms with E-state index in [1.165, 1.54) is 27.0 Å². The highest BCUT2D eigenvalue weighted by Gasteiger charge is 2.45. The lowest BCUT2D eigenvalue weighted by Gasteiger charge is -2.28. The Hall–Kier alpha value is -2.91. The van der Waals surface area contributed by atoms with Gasteiger partial charge in [-0.15, -0.1) is 0 Å². The van der Waals surface area contributed by atoms with Crippen molar-refractivity contribution in [1.29, 1.82) is 5.26 Å². The molecule has 0 aliphatic carbocycles. The van der Waals surface area contributed by atoms with E-state index in [9.17, 15) is 5.26 Å². The highest BCUT2D eigenvalue weighted by atomic mass is 35.5. The molecular weight excluding hydrogens is 429 g/mol. The first kappa shape index (κ1) is 23.7. The van der Waals surface area contributed by atoms with Crippen molar-refractivity contribution in [2.75, 3.05) is 0 Å². The Balaban J connectivity index is 0.00000289. The van der Waals surface area contributed by atoms with E-state index >= 15 is 0 Å². The van der Waals surface area contributed by atoms with Gasteiger partial charge in [0.25, 0.3) is 0 Å². The Kier molecular flexibility index (Phi) is 8.24. The third-order valence-corrected chi connectivity index (χ3v) is 10.1. The molecule has 0 amide bonds. The molecule has 3 heteroatoms. The highest BCUT2D eigenvalue weighted by Crippen LogP contribution is 2.58. The molecule has 32 heavy (non-hydrogen) atoms. The second-order valence-corrected chi connectivity index (χ2v) is 11.5. The van der Waals surface area contributed by atoms with Gasteiger partial charge in [0.2, 0.25) is 0 Å². The lowest BCUT2D eigenvalue weighted by Crippen LogP contribution is -3.00. The molecule has 0 heterocycles. The van der Waals surface area contributed by atoms with Crippen LogP contribution >= 0.6 is 7.26 Å². The number of hydrogen-bond donors (Lipinski definition) is 0. The fourth-order valence-electron chi connectivity index (χ4n) is 4.30. The molecule has 0 saturated carbocycles. The van der Waals surface area contributed by atoms with Gasteiger partial charge in [0, 0.05) is 5.92 Å². The van der Waals surface area contributed by atoms with Crippen molar-refractivity contribution in [1.82, 2.24) is 0 Å². The molecule has 0 aliphatic rings. The lowest BCUT2D eigenvalue weighted by molar-refractivity contribution is -0.00000642. The summed E-state index contributed by atoms with van der Waals surface area (Å²) in [5.74, 6) is 0.0205. The zero-order chi connectivity index (χ0) is 21.5. The first-order valence-electron chi connectivity index (χ1n) is 10.7. The molecule has 0 spiro atoms. The summed E-state index contributed by atoms with van der Waals surface area (Å²) in [6.45, 7) is 1.99. The fraction of sp³-hybridized carbons (Fsp3) is 0.138. The van der Waals surface area contributed by atoms with Gasteiger partial charge in [0.1, 0.15) is 23.2 Å². The van der Waals surface area contributed by atoms with Gasteiger partial charge in [-0.25, -0.2) is 0 Å². The van der Waals surface area contributed by atoms with Gasteiger partial charge < -0.3 is 12.4 Å². The van der Waals surface area contributed by atoms with E-state index in [2.05, 4.69) is 121 Å². The van der Waals surface area contributed by atoms with Gasteiger partial charge in [-0.3, -0.25) is 0 Å². The van der Waals surface area contributed by atoms with E-state index in [4.69, 9.17) is 0 Å². The zero-order valence-corrected chi connectivity index (χ0v) is 19.9. The van der Waals surface area contributed by atoms with Gasteiger partial charge >= 0.3 is 0 Å². The molecule has 1 nitrogen and oxygen atoms in total. The van der Waals surface area contributed by atoms with Crippen LogP contribution in [0.15, 0.2) is 115 Å². The van der Waals surface area contributed by atoms with Crippen LogP contribution in [0.4, 0.5) is 0 Å². The van der Waals surface area contributed by atoms with Crippen LogP contribution in [0, 0.1) is 17.2 Å². The van der Waals surface area contributed by atoms with Gasteiger partial charge in [-0.1, -0.05) is 78.9 Å². The number of nitriles is 1. The first-order chi connectivity index (χ1) is 15.2. The molecule has 4 aromatic rings. The summed E-state index contributed by atoms with van der Waals surface area (Å²) in [5.41, 5.74) is 2.56. The molecule has 4 aromatic carbocycles. The SMILES string of the molecule is CC(C#N)Cc1cccc(C[P+](c2ccccc2)(c2ccccc2)c2ccccc2)c1.[Cl-]. The molecule has 160 valence electrons. The molecule has 1 atom stereocenters. The average Bonchev–Trinajstić information content (AvgIpc) is 2.84. The Morgan fingerprint density at radius 2 is 1.09 bits per heavy atom. The van der Waals surface area contributed by atoms with Crippen molar-refractivity contribution in [3.63, 3.8) is 0 Å². The zero-order valence-electron chi connectivity index (χ0n) is 18.2. The maximum Gasteiger partial charge on any atom is 0.116 e. The second kappa shape index (κ2) is 11.1. The minimum atomic E-state index is -1.90. The lowest BCUT2D eigenvalue weighted by atomic mass is 10.0.